The monoisotopic (exact) mass is 264 g/mol. The van der Waals surface area contributed by atoms with E-state index in [1.807, 2.05) is 6.92 Å². The van der Waals surface area contributed by atoms with Crippen LogP contribution in [-0.4, -0.2) is 31.8 Å². The molecule has 1 aliphatic heterocycles. The van der Waals surface area contributed by atoms with Gasteiger partial charge in [0.15, 0.2) is 0 Å². The summed E-state index contributed by atoms with van der Waals surface area (Å²) in [5.41, 5.74) is 1.98. The normalized spacial score (nSPS) is 12.8. The van der Waals surface area contributed by atoms with Gasteiger partial charge in [0.05, 0.1) is 12.2 Å². The number of cyclic esters (lactones) is 1. The number of carbonyl (C=O) groups is 2. The van der Waals surface area contributed by atoms with Crippen molar-refractivity contribution in [3.63, 3.8) is 0 Å². The molecular weight excluding hydrogens is 248 g/mol. The summed E-state index contributed by atoms with van der Waals surface area (Å²) in [7, 11) is 0. The van der Waals surface area contributed by atoms with E-state index in [0.717, 1.165) is 5.56 Å². The number of carbonyl (C=O) groups excluding carboxylic acids is 2. The number of benzene rings is 1. The Morgan fingerprint density at radius 3 is 3.11 bits per heavy atom. The number of amides is 2. The maximum Gasteiger partial charge on any atom is 0.338 e. The molecule has 6 nitrogen and oxygen atoms in total. The van der Waals surface area contributed by atoms with Gasteiger partial charge in [-0.1, -0.05) is 0 Å². The fourth-order valence-electron chi connectivity index (χ4n) is 1.77. The molecule has 19 heavy (non-hydrogen) atoms. The predicted octanol–water partition coefficient (Wildman–Crippen LogP) is 1.52. The van der Waals surface area contributed by atoms with E-state index >= 15 is 0 Å². The summed E-state index contributed by atoms with van der Waals surface area (Å²) in [5, 5.41) is 5.36. The van der Waals surface area contributed by atoms with Crippen LogP contribution in [0, 0.1) is 0 Å². The summed E-state index contributed by atoms with van der Waals surface area (Å²) in [6, 6.07) is 4.76. The third-order valence-corrected chi connectivity index (χ3v) is 2.68. The molecule has 0 aliphatic carbocycles. The first-order valence-electron chi connectivity index (χ1n) is 6.13. The van der Waals surface area contributed by atoms with Gasteiger partial charge in [-0.05, 0) is 25.1 Å². The van der Waals surface area contributed by atoms with E-state index in [1.165, 1.54) is 0 Å². The number of ether oxygens (including phenoxy) is 2. The van der Waals surface area contributed by atoms with Crippen LogP contribution in [0.1, 0.15) is 22.8 Å². The molecule has 0 saturated heterocycles. The molecule has 2 rings (SSSR count). The highest BCUT2D eigenvalue weighted by atomic mass is 16.5. The second kappa shape index (κ2) is 6.19. The predicted molar refractivity (Wildman–Crippen MR) is 69.1 cm³/mol. The number of fused-ring (bicyclic) bond motifs is 1. The van der Waals surface area contributed by atoms with Crippen LogP contribution in [0.2, 0.25) is 0 Å². The molecular formula is C13H16N2O4. The lowest BCUT2D eigenvalue weighted by molar-refractivity contribution is 0.0535. The zero-order chi connectivity index (χ0) is 13.7. The Morgan fingerprint density at radius 2 is 2.32 bits per heavy atom. The van der Waals surface area contributed by atoms with Gasteiger partial charge in [-0.15, -0.1) is 0 Å². The summed E-state index contributed by atoms with van der Waals surface area (Å²) in [4.78, 5) is 22.8. The number of rotatable bonds is 5. The molecule has 1 aliphatic rings. The van der Waals surface area contributed by atoms with Crippen molar-refractivity contribution in [1.82, 2.24) is 5.32 Å². The smallest absolute Gasteiger partial charge is 0.338 e. The minimum atomic E-state index is -0.317. The Bertz CT molecular complexity index is 488. The lowest BCUT2D eigenvalue weighted by Crippen LogP contribution is -2.31. The molecule has 0 saturated carbocycles. The second-order valence-corrected chi connectivity index (χ2v) is 4.03. The van der Waals surface area contributed by atoms with Crippen molar-refractivity contribution in [2.24, 2.45) is 0 Å². The Kier molecular flexibility index (Phi) is 4.35. The Morgan fingerprint density at radius 1 is 1.47 bits per heavy atom. The fraction of sp³-hybridized carbons (Fsp3) is 0.385. The lowest BCUT2D eigenvalue weighted by Gasteiger charge is -2.08. The molecule has 1 heterocycles. The van der Waals surface area contributed by atoms with Crippen LogP contribution in [-0.2, 0) is 16.1 Å². The lowest BCUT2D eigenvalue weighted by atomic mass is 10.1. The van der Waals surface area contributed by atoms with Gasteiger partial charge in [0.1, 0.15) is 6.61 Å². The first kappa shape index (κ1) is 13.4. The summed E-state index contributed by atoms with van der Waals surface area (Å²) in [6.07, 6.45) is 0. The fourth-order valence-corrected chi connectivity index (χ4v) is 1.77. The van der Waals surface area contributed by atoms with Gasteiger partial charge in [-0.2, -0.15) is 0 Å². The zero-order valence-electron chi connectivity index (χ0n) is 10.7. The molecule has 1 aromatic carbocycles. The van der Waals surface area contributed by atoms with Crippen molar-refractivity contribution < 1.29 is 19.1 Å². The first-order chi connectivity index (χ1) is 9.20. The molecule has 0 aromatic heterocycles. The third kappa shape index (κ3) is 3.45. The highest BCUT2D eigenvalue weighted by molar-refractivity contribution is 5.95. The molecule has 2 N–H and O–H groups in total. The molecule has 0 atom stereocenters. The number of hydrogen-bond acceptors (Lipinski definition) is 4. The number of urea groups is 1. The Hall–Kier alpha value is -2.08. The molecule has 0 radical (unpaired) electrons. The molecule has 102 valence electrons. The van der Waals surface area contributed by atoms with E-state index in [1.54, 1.807) is 18.2 Å². The summed E-state index contributed by atoms with van der Waals surface area (Å²) < 4.78 is 10.0. The van der Waals surface area contributed by atoms with Crippen LogP contribution in [0.25, 0.3) is 0 Å². The van der Waals surface area contributed by atoms with Crippen LogP contribution in [0.4, 0.5) is 10.5 Å². The third-order valence-electron chi connectivity index (χ3n) is 2.68. The molecule has 0 fully saturated rings. The van der Waals surface area contributed by atoms with E-state index in [9.17, 15) is 9.59 Å². The van der Waals surface area contributed by atoms with Crippen molar-refractivity contribution in [3.8, 4) is 0 Å². The molecule has 0 unspecified atom stereocenters. The van der Waals surface area contributed by atoms with Gasteiger partial charge in [0, 0.05) is 24.4 Å². The highest BCUT2D eigenvalue weighted by Crippen LogP contribution is 2.23. The number of anilines is 1. The van der Waals surface area contributed by atoms with Gasteiger partial charge >= 0.3 is 12.0 Å². The van der Waals surface area contributed by atoms with Crippen LogP contribution in [0.15, 0.2) is 18.2 Å². The van der Waals surface area contributed by atoms with Crippen LogP contribution in [0.5, 0.6) is 0 Å². The molecule has 2 amide bonds. The van der Waals surface area contributed by atoms with Crippen LogP contribution >= 0.6 is 0 Å². The van der Waals surface area contributed by atoms with E-state index < -0.39 is 0 Å². The van der Waals surface area contributed by atoms with E-state index in [2.05, 4.69) is 10.6 Å². The van der Waals surface area contributed by atoms with Gasteiger partial charge < -0.3 is 20.1 Å². The van der Waals surface area contributed by atoms with Crippen molar-refractivity contribution in [2.45, 2.75) is 13.5 Å². The Balaban J connectivity index is 1.86. The standard InChI is InChI=1S/C13H16N2O4/c1-2-18-6-5-14-13(17)15-10-3-4-11-9(7-10)8-19-12(11)16/h3-4,7H,2,5-6,8H2,1H3,(H2,14,15,17). The van der Waals surface area contributed by atoms with Crippen molar-refractivity contribution in [2.75, 3.05) is 25.1 Å². The van der Waals surface area contributed by atoms with Crippen LogP contribution in [0.3, 0.4) is 0 Å². The molecule has 0 bridgehead atoms. The minimum Gasteiger partial charge on any atom is -0.457 e. The largest absolute Gasteiger partial charge is 0.457 e. The molecule has 6 heteroatoms. The topological polar surface area (TPSA) is 76.7 Å². The van der Waals surface area contributed by atoms with E-state index in [-0.39, 0.29) is 18.6 Å². The molecule has 1 aromatic rings. The van der Waals surface area contributed by atoms with Crippen molar-refractivity contribution in [1.29, 1.82) is 0 Å². The summed E-state index contributed by atoms with van der Waals surface area (Å²) in [6.45, 7) is 3.72. The quantitative estimate of drug-likeness (QED) is 0.624. The summed E-state index contributed by atoms with van der Waals surface area (Å²) >= 11 is 0. The average Bonchev–Trinajstić information content (AvgIpc) is 2.76. The first-order valence-corrected chi connectivity index (χ1v) is 6.13. The SMILES string of the molecule is CCOCCNC(=O)Nc1ccc2c(c1)COC2=O. The molecule has 0 spiro atoms. The van der Waals surface area contributed by atoms with E-state index in [4.69, 9.17) is 9.47 Å². The second-order valence-electron chi connectivity index (χ2n) is 4.03. The Labute approximate surface area is 111 Å². The van der Waals surface area contributed by atoms with Gasteiger partial charge in [-0.3, -0.25) is 0 Å². The van der Waals surface area contributed by atoms with Gasteiger partial charge in [0.25, 0.3) is 0 Å². The minimum absolute atomic E-state index is 0.260. The number of esters is 1. The van der Waals surface area contributed by atoms with Crippen LogP contribution < -0.4 is 10.6 Å². The number of hydrogen-bond donors (Lipinski definition) is 2. The number of nitrogens with one attached hydrogen (secondary N) is 2. The maximum atomic E-state index is 11.6. The highest BCUT2D eigenvalue weighted by Gasteiger charge is 2.21. The maximum absolute atomic E-state index is 11.6. The van der Waals surface area contributed by atoms with Gasteiger partial charge in [0.2, 0.25) is 0 Å². The summed E-state index contributed by atoms with van der Waals surface area (Å²) in [5.74, 6) is -0.317. The average molecular weight is 264 g/mol. The zero-order valence-corrected chi connectivity index (χ0v) is 10.7. The van der Waals surface area contributed by atoms with Gasteiger partial charge in [-0.25, -0.2) is 9.59 Å². The van der Waals surface area contributed by atoms with Crippen molar-refractivity contribution >= 4 is 17.7 Å². The van der Waals surface area contributed by atoms with Crippen molar-refractivity contribution in [3.05, 3.63) is 29.3 Å². The van der Waals surface area contributed by atoms with E-state index in [0.29, 0.717) is 31.0 Å².